The summed E-state index contributed by atoms with van der Waals surface area (Å²) in [5.74, 6) is 0.610. The number of hydrogen-bond donors (Lipinski definition) is 2. The van der Waals surface area contributed by atoms with Gasteiger partial charge in [-0.15, -0.1) is 0 Å². The maximum atomic E-state index is 13.0. The molecule has 1 unspecified atom stereocenters. The van der Waals surface area contributed by atoms with Gasteiger partial charge in [0.15, 0.2) is 0 Å². The van der Waals surface area contributed by atoms with E-state index in [0.717, 1.165) is 29.5 Å². The van der Waals surface area contributed by atoms with E-state index in [4.69, 9.17) is 4.74 Å². The molecule has 0 saturated carbocycles. The van der Waals surface area contributed by atoms with E-state index in [2.05, 4.69) is 20.6 Å². The van der Waals surface area contributed by atoms with E-state index in [9.17, 15) is 4.79 Å². The maximum absolute atomic E-state index is 13.0. The lowest BCUT2D eigenvalue weighted by atomic mass is 10.0. The van der Waals surface area contributed by atoms with Crippen LogP contribution >= 0.6 is 0 Å². The second-order valence-electron chi connectivity index (χ2n) is 6.64. The number of pyridine rings is 2. The molecule has 0 aliphatic rings. The topological polar surface area (TPSA) is 76.1 Å². The summed E-state index contributed by atoms with van der Waals surface area (Å²) in [6.45, 7) is 1.19. The van der Waals surface area contributed by atoms with Crippen molar-refractivity contribution in [3.05, 3.63) is 90.0 Å². The Kier molecular flexibility index (Phi) is 7.72. The smallest absolute Gasteiger partial charge is 0.241 e. The number of carbonyl (C=O) groups excluding carboxylic acids is 1. The number of amides is 1. The number of para-hydroxylation sites is 1. The van der Waals surface area contributed by atoms with Crippen molar-refractivity contribution in [2.45, 2.75) is 18.9 Å². The predicted molar refractivity (Wildman–Crippen MR) is 113 cm³/mol. The lowest BCUT2D eigenvalue weighted by molar-refractivity contribution is -0.123. The van der Waals surface area contributed by atoms with Crippen LogP contribution in [-0.2, 0) is 17.6 Å². The Morgan fingerprint density at radius 3 is 2.21 bits per heavy atom. The molecule has 0 radical (unpaired) electrons. The molecule has 0 spiro atoms. The molecule has 0 bridgehead atoms. The van der Waals surface area contributed by atoms with Crippen LogP contribution in [0.3, 0.4) is 0 Å². The average Bonchev–Trinajstić information content (AvgIpc) is 2.78. The minimum absolute atomic E-state index is 0.0791. The number of rotatable bonds is 10. The van der Waals surface area contributed by atoms with Crippen molar-refractivity contribution >= 4 is 5.91 Å². The minimum atomic E-state index is -0.503. The van der Waals surface area contributed by atoms with Gasteiger partial charge in [0, 0.05) is 43.4 Å². The van der Waals surface area contributed by atoms with E-state index in [0.29, 0.717) is 18.8 Å². The molecular weight excluding hydrogens is 364 g/mol. The predicted octanol–water partition coefficient (Wildman–Crippen LogP) is 2.72. The minimum Gasteiger partial charge on any atom is -0.496 e. The molecular formula is C23H26N4O2. The van der Waals surface area contributed by atoms with Gasteiger partial charge in [-0.2, -0.15) is 0 Å². The summed E-state index contributed by atoms with van der Waals surface area (Å²) in [7, 11) is 1.62. The number of nitrogens with zero attached hydrogens (tertiary/aromatic N) is 2. The van der Waals surface area contributed by atoms with Gasteiger partial charge in [-0.05, 0) is 42.2 Å². The largest absolute Gasteiger partial charge is 0.496 e. The summed E-state index contributed by atoms with van der Waals surface area (Å²) in [6.07, 6.45) is 8.66. The number of hydrogen-bond acceptors (Lipinski definition) is 5. The monoisotopic (exact) mass is 390 g/mol. The van der Waals surface area contributed by atoms with Crippen molar-refractivity contribution in [1.29, 1.82) is 0 Å². The Balaban J connectivity index is 1.65. The van der Waals surface area contributed by atoms with Gasteiger partial charge in [-0.1, -0.05) is 30.3 Å². The molecule has 0 aliphatic carbocycles. The molecule has 6 heteroatoms. The normalized spacial score (nSPS) is 11.6. The number of nitrogens with one attached hydrogen (secondary N) is 2. The van der Waals surface area contributed by atoms with Gasteiger partial charge in [0.2, 0.25) is 5.91 Å². The van der Waals surface area contributed by atoms with E-state index in [1.54, 1.807) is 19.5 Å². The summed E-state index contributed by atoms with van der Waals surface area (Å²) in [5.41, 5.74) is 3.03. The Labute approximate surface area is 171 Å². The van der Waals surface area contributed by atoms with Crippen LogP contribution in [0, 0.1) is 0 Å². The third-order valence-corrected chi connectivity index (χ3v) is 4.63. The van der Waals surface area contributed by atoms with Crippen molar-refractivity contribution in [3.63, 3.8) is 0 Å². The lowest BCUT2D eigenvalue weighted by Gasteiger charge is -2.21. The first kappa shape index (κ1) is 20.5. The molecule has 6 nitrogen and oxygen atoms in total. The summed E-state index contributed by atoms with van der Waals surface area (Å²) in [4.78, 5) is 21.2. The number of ether oxygens (including phenoxy) is 1. The number of aromatic nitrogens is 2. The molecule has 0 fully saturated rings. The van der Waals surface area contributed by atoms with Gasteiger partial charge in [-0.25, -0.2) is 0 Å². The van der Waals surface area contributed by atoms with Crippen LogP contribution in [0.15, 0.2) is 73.3 Å². The summed E-state index contributed by atoms with van der Waals surface area (Å²) in [5, 5.41) is 6.41. The summed E-state index contributed by atoms with van der Waals surface area (Å²) in [6, 6.07) is 14.9. The molecule has 2 aromatic heterocycles. The zero-order valence-corrected chi connectivity index (χ0v) is 16.5. The summed E-state index contributed by atoms with van der Waals surface area (Å²) < 4.78 is 5.48. The first-order valence-electron chi connectivity index (χ1n) is 9.69. The van der Waals surface area contributed by atoms with Crippen LogP contribution in [0.25, 0.3) is 0 Å². The molecule has 29 heavy (non-hydrogen) atoms. The molecule has 2 N–H and O–H groups in total. The highest BCUT2D eigenvalue weighted by Crippen LogP contribution is 2.25. The van der Waals surface area contributed by atoms with Crippen molar-refractivity contribution in [1.82, 2.24) is 20.6 Å². The molecule has 1 amide bonds. The van der Waals surface area contributed by atoms with Crippen molar-refractivity contribution in [3.8, 4) is 5.75 Å². The first-order valence-corrected chi connectivity index (χ1v) is 9.69. The van der Waals surface area contributed by atoms with Gasteiger partial charge in [-0.3, -0.25) is 14.8 Å². The number of carbonyl (C=O) groups is 1. The average molecular weight is 390 g/mol. The van der Waals surface area contributed by atoms with Crippen LogP contribution in [0.2, 0.25) is 0 Å². The van der Waals surface area contributed by atoms with Crippen molar-refractivity contribution in [2.75, 3.05) is 20.2 Å². The second kappa shape index (κ2) is 10.9. The standard InChI is InChI=1S/C23H26N4O2/c1-29-21-9-3-2-8-20(21)22(26-14-10-18-6-4-12-24-16-18)23(28)27-15-11-19-7-5-13-25-17-19/h2-9,12-13,16-17,22,26H,10-11,14-15H2,1H3,(H,27,28). The Morgan fingerprint density at radius 2 is 1.59 bits per heavy atom. The fourth-order valence-corrected chi connectivity index (χ4v) is 3.13. The van der Waals surface area contributed by atoms with E-state index >= 15 is 0 Å². The quantitative estimate of drug-likeness (QED) is 0.557. The van der Waals surface area contributed by atoms with Crippen LogP contribution < -0.4 is 15.4 Å². The maximum Gasteiger partial charge on any atom is 0.241 e. The fourth-order valence-electron chi connectivity index (χ4n) is 3.13. The molecule has 1 atom stereocenters. The van der Waals surface area contributed by atoms with E-state index in [1.807, 2.05) is 60.9 Å². The third kappa shape index (κ3) is 6.12. The van der Waals surface area contributed by atoms with Crippen molar-refractivity contribution in [2.24, 2.45) is 0 Å². The molecule has 1 aromatic carbocycles. The van der Waals surface area contributed by atoms with Gasteiger partial charge in [0.05, 0.1) is 7.11 Å². The number of benzene rings is 1. The highest BCUT2D eigenvalue weighted by Gasteiger charge is 2.23. The zero-order valence-electron chi connectivity index (χ0n) is 16.5. The third-order valence-electron chi connectivity index (χ3n) is 4.63. The molecule has 150 valence electrons. The Hall–Kier alpha value is -3.25. The van der Waals surface area contributed by atoms with Gasteiger partial charge < -0.3 is 15.4 Å². The number of methoxy groups -OCH3 is 1. The van der Waals surface area contributed by atoms with Crippen LogP contribution in [-0.4, -0.2) is 36.1 Å². The molecule has 0 saturated heterocycles. The second-order valence-corrected chi connectivity index (χ2v) is 6.64. The molecule has 0 aliphatic heterocycles. The Morgan fingerprint density at radius 1 is 0.931 bits per heavy atom. The first-order chi connectivity index (χ1) is 14.3. The van der Waals surface area contributed by atoms with E-state index in [1.165, 1.54) is 0 Å². The Bertz CT molecular complexity index is 888. The van der Waals surface area contributed by atoms with Gasteiger partial charge in [0.1, 0.15) is 11.8 Å². The zero-order chi connectivity index (χ0) is 20.3. The highest BCUT2D eigenvalue weighted by atomic mass is 16.5. The van der Waals surface area contributed by atoms with Crippen LogP contribution in [0.1, 0.15) is 22.7 Å². The molecule has 3 aromatic rings. The fraction of sp³-hybridized carbons (Fsp3) is 0.261. The van der Waals surface area contributed by atoms with E-state index in [-0.39, 0.29) is 5.91 Å². The van der Waals surface area contributed by atoms with Crippen molar-refractivity contribution < 1.29 is 9.53 Å². The highest BCUT2D eigenvalue weighted by molar-refractivity contribution is 5.84. The van der Waals surface area contributed by atoms with Gasteiger partial charge in [0.25, 0.3) is 0 Å². The molecule has 2 heterocycles. The molecule has 3 rings (SSSR count). The van der Waals surface area contributed by atoms with Crippen LogP contribution in [0.5, 0.6) is 5.75 Å². The van der Waals surface area contributed by atoms with Crippen LogP contribution in [0.4, 0.5) is 0 Å². The van der Waals surface area contributed by atoms with Gasteiger partial charge >= 0.3 is 0 Å². The lowest BCUT2D eigenvalue weighted by Crippen LogP contribution is -2.39. The SMILES string of the molecule is COc1ccccc1C(NCCc1cccnc1)C(=O)NCCc1cccnc1. The van der Waals surface area contributed by atoms with E-state index < -0.39 is 6.04 Å². The summed E-state index contributed by atoms with van der Waals surface area (Å²) >= 11 is 0.